The predicted molar refractivity (Wildman–Crippen MR) is 119 cm³/mol. The highest BCUT2D eigenvalue weighted by Gasteiger charge is 2.18. The van der Waals surface area contributed by atoms with Crippen LogP contribution in [0.1, 0.15) is 17.6 Å². The molecule has 4 rings (SSSR count). The average Bonchev–Trinajstić information content (AvgIpc) is 3.32. The van der Waals surface area contributed by atoms with Crippen molar-refractivity contribution >= 4 is 72.9 Å². The summed E-state index contributed by atoms with van der Waals surface area (Å²) >= 11 is 8.85. The maximum absolute atomic E-state index is 12.2. The molecule has 0 unspecified atom stereocenters. The van der Waals surface area contributed by atoms with Gasteiger partial charge in [0.15, 0.2) is 5.13 Å². The van der Waals surface area contributed by atoms with Gasteiger partial charge in [0.05, 0.1) is 27.2 Å². The Morgan fingerprint density at radius 2 is 2.03 bits per heavy atom. The number of halogens is 1. The van der Waals surface area contributed by atoms with Gasteiger partial charge in [0, 0.05) is 17.3 Å². The fourth-order valence-corrected chi connectivity index (χ4v) is 4.73. The first-order valence-corrected chi connectivity index (χ1v) is 10.6. The number of carbonyl (C=O) groups is 1. The summed E-state index contributed by atoms with van der Waals surface area (Å²) in [7, 11) is 0. The molecule has 0 radical (unpaired) electrons. The summed E-state index contributed by atoms with van der Waals surface area (Å²) in [6.45, 7) is 1.47. The molecular formula is C21H13ClN4OS2. The zero-order valence-corrected chi connectivity index (χ0v) is 17.6. The number of nitriles is 1. The molecule has 8 heteroatoms. The lowest BCUT2D eigenvalue weighted by Crippen LogP contribution is -2.22. The topological polar surface area (TPSA) is 69.9 Å². The highest BCUT2D eigenvalue weighted by atomic mass is 35.5. The third-order valence-corrected chi connectivity index (χ3v) is 6.17. The number of rotatable bonds is 4. The standard InChI is InChI=1S/C21H13ClN4OS2/c1-13(27)26(17-6-4-5-15(22)10-17)21-24-16(12-28-21)9-14(11-23)20-25-18-7-2-3-8-19(18)29-20/h2-10,12H,1H3/b14-9+. The third kappa shape index (κ3) is 4.05. The largest absolute Gasteiger partial charge is 0.274 e. The number of para-hydroxylation sites is 1. The van der Waals surface area contributed by atoms with Crippen LogP contribution in [0.15, 0.2) is 53.9 Å². The van der Waals surface area contributed by atoms with Crippen molar-refractivity contribution in [2.24, 2.45) is 0 Å². The van der Waals surface area contributed by atoms with Crippen LogP contribution in [0.2, 0.25) is 5.02 Å². The number of benzene rings is 2. The van der Waals surface area contributed by atoms with Gasteiger partial charge >= 0.3 is 0 Å². The second kappa shape index (κ2) is 8.13. The minimum Gasteiger partial charge on any atom is -0.274 e. The molecule has 0 N–H and O–H groups in total. The SMILES string of the molecule is CC(=O)N(c1cccc(Cl)c1)c1nc(/C=C(\C#N)c2nc3ccccc3s2)cs1. The Morgan fingerprint density at radius 3 is 2.76 bits per heavy atom. The van der Waals surface area contributed by atoms with E-state index in [2.05, 4.69) is 16.0 Å². The van der Waals surface area contributed by atoms with E-state index in [0.29, 0.717) is 32.1 Å². The number of aromatic nitrogens is 2. The lowest BCUT2D eigenvalue weighted by atomic mass is 10.2. The lowest BCUT2D eigenvalue weighted by Gasteiger charge is -2.18. The van der Waals surface area contributed by atoms with E-state index in [-0.39, 0.29) is 5.91 Å². The van der Waals surface area contributed by atoms with Crippen molar-refractivity contribution < 1.29 is 4.79 Å². The number of amides is 1. The van der Waals surface area contributed by atoms with Gasteiger partial charge in [-0.15, -0.1) is 22.7 Å². The molecule has 0 fully saturated rings. The van der Waals surface area contributed by atoms with Gasteiger partial charge in [-0.2, -0.15) is 5.26 Å². The molecule has 0 spiro atoms. The molecule has 0 saturated heterocycles. The second-order valence-electron chi connectivity index (χ2n) is 6.05. The number of allylic oxidation sites excluding steroid dienone is 1. The fourth-order valence-electron chi connectivity index (χ4n) is 2.76. The maximum atomic E-state index is 12.2. The van der Waals surface area contributed by atoms with Gasteiger partial charge < -0.3 is 0 Å². The zero-order chi connectivity index (χ0) is 20.4. The van der Waals surface area contributed by atoms with E-state index >= 15 is 0 Å². The molecule has 29 heavy (non-hydrogen) atoms. The number of carbonyl (C=O) groups excluding carboxylic acids is 1. The van der Waals surface area contributed by atoms with Crippen LogP contribution in [0, 0.1) is 11.3 Å². The normalized spacial score (nSPS) is 11.4. The molecule has 0 bridgehead atoms. The van der Waals surface area contributed by atoms with Crippen LogP contribution in [0.25, 0.3) is 21.9 Å². The van der Waals surface area contributed by atoms with Crippen LogP contribution >= 0.6 is 34.3 Å². The molecule has 0 aliphatic rings. The predicted octanol–water partition coefficient (Wildman–Crippen LogP) is 6.15. The van der Waals surface area contributed by atoms with Crippen molar-refractivity contribution in [3.05, 3.63) is 69.6 Å². The Bertz CT molecular complexity index is 1250. The third-order valence-electron chi connectivity index (χ3n) is 4.02. The Morgan fingerprint density at radius 1 is 1.21 bits per heavy atom. The van der Waals surface area contributed by atoms with E-state index in [1.165, 1.54) is 34.5 Å². The Kier molecular flexibility index (Phi) is 5.41. The van der Waals surface area contributed by atoms with Crippen molar-refractivity contribution in [2.45, 2.75) is 6.92 Å². The van der Waals surface area contributed by atoms with Crippen molar-refractivity contribution in [1.29, 1.82) is 5.26 Å². The van der Waals surface area contributed by atoms with E-state index < -0.39 is 0 Å². The summed E-state index contributed by atoms with van der Waals surface area (Å²) in [6, 6.07) is 17.0. The molecule has 142 valence electrons. The quantitative estimate of drug-likeness (QED) is 0.359. The van der Waals surface area contributed by atoms with Crippen LogP contribution in [-0.2, 0) is 4.79 Å². The summed E-state index contributed by atoms with van der Waals surface area (Å²) in [5, 5.41) is 13.1. The molecule has 1 amide bonds. The Labute approximate surface area is 180 Å². The van der Waals surface area contributed by atoms with E-state index in [4.69, 9.17) is 11.6 Å². The van der Waals surface area contributed by atoms with Crippen molar-refractivity contribution in [3.8, 4) is 6.07 Å². The smallest absolute Gasteiger partial charge is 0.230 e. The molecule has 2 heterocycles. The first-order valence-electron chi connectivity index (χ1n) is 8.54. The van der Waals surface area contributed by atoms with Crippen molar-refractivity contribution in [1.82, 2.24) is 9.97 Å². The van der Waals surface area contributed by atoms with Gasteiger partial charge in [0.1, 0.15) is 11.1 Å². The van der Waals surface area contributed by atoms with Crippen LogP contribution < -0.4 is 4.90 Å². The first-order chi connectivity index (χ1) is 14.0. The molecule has 5 nitrogen and oxygen atoms in total. The molecule has 2 aromatic carbocycles. The first kappa shape index (κ1) is 19.3. The van der Waals surface area contributed by atoms with Gasteiger partial charge in [-0.3, -0.25) is 9.69 Å². The second-order valence-corrected chi connectivity index (χ2v) is 8.35. The van der Waals surface area contributed by atoms with Crippen LogP contribution in [0.5, 0.6) is 0 Å². The highest BCUT2D eigenvalue weighted by molar-refractivity contribution is 7.19. The molecule has 0 saturated carbocycles. The van der Waals surface area contributed by atoms with Gasteiger partial charge in [-0.05, 0) is 36.4 Å². The highest BCUT2D eigenvalue weighted by Crippen LogP contribution is 2.32. The number of hydrogen-bond donors (Lipinski definition) is 0. The van der Waals surface area contributed by atoms with Gasteiger partial charge in [-0.25, -0.2) is 9.97 Å². The number of hydrogen-bond acceptors (Lipinski definition) is 6. The molecule has 0 aliphatic carbocycles. The summed E-state index contributed by atoms with van der Waals surface area (Å²) < 4.78 is 1.02. The van der Waals surface area contributed by atoms with E-state index in [1.807, 2.05) is 24.3 Å². The zero-order valence-electron chi connectivity index (χ0n) is 15.2. The van der Waals surface area contributed by atoms with Crippen LogP contribution in [-0.4, -0.2) is 15.9 Å². The lowest BCUT2D eigenvalue weighted by molar-refractivity contribution is -0.115. The minimum absolute atomic E-state index is 0.177. The van der Waals surface area contributed by atoms with Gasteiger partial charge in [0.2, 0.25) is 5.91 Å². The summed E-state index contributed by atoms with van der Waals surface area (Å²) in [6.07, 6.45) is 1.69. The molecular weight excluding hydrogens is 424 g/mol. The number of thiazole rings is 2. The Hall–Kier alpha value is -3.05. The Balaban J connectivity index is 1.70. The van der Waals surface area contributed by atoms with Crippen LogP contribution in [0.4, 0.5) is 10.8 Å². The monoisotopic (exact) mass is 436 g/mol. The number of anilines is 2. The van der Waals surface area contributed by atoms with Gasteiger partial charge in [-0.1, -0.05) is 29.8 Å². The van der Waals surface area contributed by atoms with E-state index in [9.17, 15) is 10.1 Å². The molecule has 4 aromatic rings. The van der Waals surface area contributed by atoms with Crippen molar-refractivity contribution in [2.75, 3.05) is 4.90 Å². The molecule has 0 aliphatic heterocycles. The molecule has 0 atom stereocenters. The number of nitrogens with zero attached hydrogens (tertiary/aromatic N) is 4. The summed E-state index contributed by atoms with van der Waals surface area (Å²) in [4.78, 5) is 22.8. The minimum atomic E-state index is -0.177. The summed E-state index contributed by atoms with van der Waals surface area (Å²) in [5.74, 6) is -0.177. The average molecular weight is 437 g/mol. The summed E-state index contributed by atoms with van der Waals surface area (Å²) in [5.41, 5.74) is 2.52. The fraction of sp³-hybridized carbons (Fsp3) is 0.0476. The van der Waals surface area contributed by atoms with Crippen LogP contribution in [0.3, 0.4) is 0 Å². The number of fused-ring (bicyclic) bond motifs is 1. The van der Waals surface area contributed by atoms with E-state index in [0.717, 1.165) is 10.2 Å². The molecule has 2 aromatic heterocycles. The van der Waals surface area contributed by atoms with Gasteiger partial charge in [0.25, 0.3) is 0 Å². The maximum Gasteiger partial charge on any atom is 0.230 e. The van der Waals surface area contributed by atoms with Crippen molar-refractivity contribution in [3.63, 3.8) is 0 Å². The van der Waals surface area contributed by atoms with E-state index in [1.54, 1.807) is 35.7 Å².